The van der Waals surface area contributed by atoms with Gasteiger partial charge in [0.25, 0.3) is 0 Å². The van der Waals surface area contributed by atoms with Crippen LogP contribution in [0.1, 0.15) is 0 Å². The minimum Gasteiger partial charge on any atom is -0.309 e. The fraction of sp³-hybridized carbons (Fsp3) is 0. The first-order valence-corrected chi connectivity index (χ1v) is 18.9. The molecule has 0 spiro atoms. The van der Waals surface area contributed by atoms with E-state index >= 15 is 0 Å². The molecule has 0 aliphatic rings. The van der Waals surface area contributed by atoms with Crippen molar-refractivity contribution in [3.63, 3.8) is 0 Å². The number of para-hydroxylation sites is 3. The minimum atomic E-state index is 0.633. The van der Waals surface area contributed by atoms with E-state index in [1.807, 2.05) is 60.7 Å². The van der Waals surface area contributed by atoms with Crippen LogP contribution in [-0.2, 0) is 0 Å². The molecule has 5 heteroatoms. The van der Waals surface area contributed by atoms with Crippen molar-refractivity contribution < 1.29 is 0 Å². The van der Waals surface area contributed by atoms with Gasteiger partial charge in [0, 0.05) is 49.6 Å². The van der Waals surface area contributed by atoms with Gasteiger partial charge in [0.15, 0.2) is 17.5 Å². The Hall–Kier alpha value is -7.63. The quantitative estimate of drug-likeness (QED) is 0.172. The predicted octanol–water partition coefficient (Wildman–Crippen LogP) is 12.7. The van der Waals surface area contributed by atoms with Crippen LogP contribution < -0.4 is 0 Å². The van der Waals surface area contributed by atoms with Crippen molar-refractivity contribution in [3.8, 4) is 56.7 Å². The van der Waals surface area contributed by atoms with Crippen LogP contribution in [-0.4, -0.2) is 24.1 Å². The summed E-state index contributed by atoms with van der Waals surface area (Å²) in [7, 11) is 0. The zero-order valence-electron chi connectivity index (χ0n) is 30.3. The summed E-state index contributed by atoms with van der Waals surface area (Å²) >= 11 is 0. The van der Waals surface area contributed by atoms with Crippen LogP contribution in [0.25, 0.3) is 100 Å². The molecule has 3 heterocycles. The standard InChI is InChI=1S/C51H33N5/c1-5-15-34(16-6-1)49-52-50(35-17-7-2-8-18-35)54-51(53-49)38-25-28-42-44-32-37(27-30-47(44)56(48(42)33-38)40-21-11-4-12-22-40)36-26-29-46-43(31-36)41-23-13-14-24-45(41)55(46)39-19-9-3-10-20-39/h1-33H. The third-order valence-corrected chi connectivity index (χ3v) is 10.8. The van der Waals surface area contributed by atoms with Crippen LogP contribution in [0.15, 0.2) is 200 Å². The van der Waals surface area contributed by atoms with Gasteiger partial charge in [-0.2, -0.15) is 0 Å². The second-order valence-corrected chi connectivity index (χ2v) is 14.1. The van der Waals surface area contributed by atoms with Crippen molar-refractivity contribution in [1.29, 1.82) is 0 Å². The van der Waals surface area contributed by atoms with E-state index in [1.165, 1.54) is 38.3 Å². The lowest BCUT2D eigenvalue weighted by Gasteiger charge is -2.10. The third-order valence-electron chi connectivity index (χ3n) is 10.8. The van der Waals surface area contributed by atoms with E-state index in [0.717, 1.165) is 44.5 Å². The highest BCUT2D eigenvalue weighted by Gasteiger charge is 2.18. The summed E-state index contributed by atoms with van der Waals surface area (Å²) in [6.45, 7) is 0. The molecule has 8 aromatic carbocycles. The number of benzene rings is 8. The molecule has 0 aliphatic carbocycles. The van der Waals surface area contributed by atoms with E-state index in [1.54, 1.807) is 0 Å². The Labute approximate surface area is 323 Å². The molecular formula is C51H33N5. The number of fused-ring (bicyclic) bond motifs is 6. The number of hydrogen-bond donors (Lipinski definition) is 0. The first-order chi connectivity index (χ1) is 27.8. The molecule has 0 aliphatic heterocycles. The molecule has 262 valence electrons. The van der Waals surface area contributed by atoms with E-state index in [0.29, 0.717) is 17.5 Å². The molecule has 0 fully saturated rings. The van der Waals surface area contributed by atoms with Crippen LogP contribution in [0.2, 0.25) is 0 Å². The van der Waals surface area contributed by atoms with Gasteiger partial charge in [-0.25, -0.2) is 15.0 Å². The van der Waals surface area contributed by atoms with Crippen molar-refractivity contribution in [2.24, 2.45) is 0 Å². The highest BCUT2D eigenvalue weighted by Crippen LogP contribution is 2.39. The molecule has 56 heavy (non-hydrogen) atoms. The topological polar surface area (TPSA) is 48.5 Å². The Morgan fingerprint density at radius 1 is 0.250 bits per heavy atom. The lowest BCUT2D eigenvalue weighted by molar-refractivity contribution is 1.07. The fourth-order valence-corrected chi connectivity index (χ4v) is 8.14. The smallest absolute Gasteiger partial charge is 0.164 e. The molecule has 3 aromatic heterocycles. The van der Waals surface area contributed by atoms with Gasteiger partial charge in [0.2, 0.25) is 0 Å². The molecule has 11 aromatic rings. The molecule has 0 atom stereocenters. The highest BCUT2D eigenvalue weighted by molar-refractivity contribution is 6.13. The molecule has 0 unspecified atom stereocenters. The van der Waals surface area contributed by atoms with Gasteiger partial charge in [-0.05, 0) is 71.8 Å². The van der Waals surface area contributed by atoms with Gasteiger partial charge in [-0.1, -0.05) is 140 Å². The normalized spacial score (nSPS) is 11.6. The van der Waals surface area contributed by atoms with E-state index in [4.69, 9.17) is 15.0 Å². The van der Waals surface area contributed by atoms with Gasteiger partial charge < -0.3 is 9.13 Å². The third kappa shape index (κ3) is 5.29. The van der Waals surface area contributed by atoms with Crippen molar-refractivity contribution in [3.05, 3.63) is 200 Å². The maximum atomic E-state index is 5.05. The first kappa shape index (κ1) is 31.9. The van der Waals surface area contributed by atoms with Crippen LogP contribution in [0.5, 0.6) is 0 Å². The van der Waals surface area contributed by atoms with Crippen molar-refractivity contribution in [1.82, 2.24) is 24.1 Å². The summed E-state index contributed by atoms with van der Waals surface area (Å²) in [5, 5.41) is 4.83. The van der Waals surface area contributed by atoms with Gasteiger partial charge >= 0.3 is 0 Å². The Morgan fingerprint density at radius 3 is 1.18 bits per heavy atom. The van der Waals surface area contributed by atoms with E-state index in [-0.39, 0.29) is 0 Å². The number of aromatic nitrogens is 5. The largest absolute Gasteiger partial charge is 0.309 e. The lowest BCUT2D eigenvalue weighted by Crippen LogP contribution is -2.00. The SMILES string of the molecule is c1ccc(-c2nc(-c3ccccc3)nc(-c3ccc4c5cc(-c6ccc7c(c6)c6ccccc6n7-c6ccccc6)ccc5n(-c5ccccc5)c4c3)n2)cc1. The van der Waals surface area contributed by atoms with Crippen LogP contribution in [0.3, 0.4) is 0 Å². The van der Waals surface area contributed by atoms with E-state index in [2.05, 4.69) is 149 Å². The van der Waals surface area contributed by atoms with Crippen molar-refractivity contribution in [2.45, 2.75) is 0 Å². The molecule has 0 saturated carbocycles. The Kier molecular flexibility index (Phi) is 7.42. The molecule has 0 bridgehead atoms. The predicted molar refractivity (Wildman–Crippen MR) is 230 cm³/mol. The monoisotopic (exact) mass is 715 g/mol. The minimum absolute atomic E-state index is 0.633. The summed E-state index contributed by atoms with van der Waals surface area (Å²) < 4.78 is 4.72. The summed E-state index contributed by atoms with van der Waals surface area (Å²) in [5.74, 6) is 1.92. The van der Waals surface area contributed by atoms with Gasteiger partial charge in [-0.15, -0.1) is 0 Å². The first-order valence-electron chi connectivity index (χ1n) is 18.9. The second-order valence-electron chi connectivity index (χ2n) is 14.1. The Balaban J connectivity index is 1.10. The maximum absolute atomic E-state index is 5.05. The Morgan fingerprint density at radius 2 is 0.643 bits per heavy atom. The van der Waals surface area contributed by atoms with Crippen LogP contribution in [0.4, 0.5) is 0 Å². The summed E-state index contributed by atoms with van der Waals surface area (Å²) in [6, 6.07) is 70.5. The molecule has 0 saturated heterocycles. The molecule has 0 amide bonds. The fourth-order valence-electron chi connectivity index (χ4n) is 8.14. The zero-order valence-corrected chi connectivity index (χ0v) is 30.3. The Bertz CT molecular complexity index is 3160. The molecular weight excluding hydrogens is 683 g/mol. The zero-order chi connectivity index (χ0) is 37.0. The number of rotatable bonds is 6. The number of nitrogens with zero attached hydrogens (tertiary/aromatic N) is 5. The summed E-state index contributed by atoms with van der Waals surface area (Å²) in [6.07, 6.45) is 0. The number of hydrogen-bond acceptors (Lipinski definition) is 3. The summed E-state index contributed by atoms with van der Waals surface area (Å²) in [5.41, 5.74) is 12.0. The van der Waals surface area contributed by atoms with E-state index in [9.17, 15) is 0 Å². The van der Waals surface area contributed by atoms with Gasteiger partial charge in [0.05, 0.1) is 22.1 Å². The highest BCUT2D eigenvalue weighted by atomic mass is 15.0. The molecule has 0 N–H and O–H groups in total. The lowest BCUT2D eigenvalue weighted by atomic mass is 10.0. The van der Waals surface area contributed by atoms with Gasteiger partial charge in [-0.3, -0.25) is 0 Å². The van der Waals surface area contributed by atoms with Gasteiger partial charge in [0.1, 0.15) is 0 Å². The van der Waals surface area contributed by atoms with Crippen LogP contribution in [0, 0.1) is 0 Å². The molecule has 0 radical (unpaired) electrons. The molecule has 11 rings (SSSR count). The average Bonchev–Trinajstić information content (AvgIpc) is 3.79. The van der Waals surface area contributed by atoms with Crippen molar-refractivity contribution >= 4 is 43.6 Å². The van der Waals surface area contributed by atoms with Crippen LogP contribution >= 0.6 is 0 Å². The maximum Gasteiger partial charge on any atom is 0.164 e. The second kappa shape index (κ2) is 13.0. The molecule has 5 nitrogen and oxygen atoms in total. The van der Waals surface area contributed by atoms with E-state index < -0.39 is 0 Å². The average molecular weight is 716 g/mol. The van der Waals surface area contributed by atoms with Crippen molar-refractivity contribution in [2.75, 3.05) is 0 Å². The summed E-state index contributed by atoms with van der Waals surface area (Å²) in [4.78, 5) is 15.0.